The predicted molar refractivity (Wildman–Crippen MR) is 92.9 cm³/mol. The fraction of sp³-hybridized carbons (Fsp3) is 0.333. The molecule has 0 radical (unpaired) electrons. The predicted octanol–water partition coefficient (Wildman–Crippen LogP) is 4.42. The standard InChI is InChI=1S/C15H18BrClN4/c1-5-21(15-18-10(2)8-14(17)19-15)13-7-6-11(20(3)4)9-12(13)16/h6-9H,5H2,1-4H3. The Balaban J connectivity index is 2.46. The summed E-state index contributed by atoms with van der Waals surface area (Å²) in [5.74, 6) is 0.612. The lowest BCUT2D eigenvalue weighted by atomic mass is 10.2. The zero-order valence-corrected chi connectivity index (χ0v) is 14.9. The third-order valence-corrected chi connectivity index (χ3v) is 3.94. The van der Waals surface area contributed by atoms with Crippen molar-refractivity contribution in [2.45, 2.75) is 13.8 Å². The molecule has 2 rings (SSSR count). The molecule has 0 atom stereocenters. The number of halogens is 2. The van der Waals surface area contributed by atoms with E-state index >= 15 is 0 Å². The molecule has 0 saturated heterocycles. The maximum Gasteiger partial charge on any atom is 0.231 e. The Morgan fingerprint density at radius 1 is 1.19 bits per heavy atom. The van der Waals surface area contributed by atoms with E-state index in [1.54, 1.807) is 6.07 Å². The lowest BCUT2D eigenvalue weighted by Gasteiger charge is -2.24. The summed E-state index contributed by atoms with van der Waals surface area (Å²) in [6.07, 6.45) is 0. The van der Waals surface area contributed by atoms with Gasteiger partial charge in [-0.15, -0.1) is 0 Å². The van der Waals surface area contributed by atoms with Crippen molar-refractivity contribution in [1.82, 2.24) is 9.97 Å². The van der Waals surface area contributed by atoms with Crippen LogP contribution in [0.4, 0.5) is 17.3 Å². The van der Waals surface area contributed by atoms with Gasteiger partial charge in [-0.25, -0.2) is 9.97 Å². The van der Waals surface area contributed by atoms with Crippen LogP contribution < -0.4 is 9.80 Å². The fourth-order valence-electron chi connectivity index (χ4n) is 2.05. The minimum Gasteiger partial charge on any atom is -0.378 e. The molecule has 0 saturated carbocycles. The lowest BCUT2D eigenvalue weighted by molar-refractivity contribution is 0.931. The van der Waals surface area contributed by atoms with Gasteiger partial charge in [0.25, 0.3) is 0 Å². The molecular weight excluding hydrogens is 352 g/mol. The van der Waals surface area contributed by atoms with E-state index in [0.29, 0.717) is 11.1 Å². The first-order valence-corrected chi connectivity index (χ1v) is 7.85. The van der Waals surface area contributed by atoms with Gasteiger partial charge in [0.05, 0.1) is 5.69 Å². The third-order valence-electron chi connectivity index (χ3n) is 3.11. The number of aromatic nitrogens is 2. The number of hydrogen-bond acceptors (Lipinski definition) is 4. The number of hydrogen-bond donors (Lipinski definition) is 0. The second-order valence-electron chi connectivity index (χ2n) is 4.91. The van der Waals surface area contributed by atoms with Gasteiger partial charge < -0.3 is 9.80 Å². The maximum atomic E-state index is 6.05. The van der Waals surface area contributed by atoms with Gasteiger partial charge in [0.15, 0.2) is 0 Å². The Morgan fingerprint density at radius 2 is 1.90 bits per heavy atom. The summed E-state index contributed by atoms with van der Waals surface area (Å²) in [6, 6.07) is 7.96. The first kappa shape index (κ1) is 16.0. The second-order valence-corrected chi connectivity index (χ2v) is 6.15. The van der Waals surface area contributed by atoms with Crippen molar-refractivity contribution in [2.75, 3.05) is 30.4 Å². The normalized spacial score (nSPS) is 10.6. The molecule has 0 fully saturated rings. The fourth-order valence-corrected chi connectivity index (χ4v) is 2.86. The molecule has 0 aliphatic heterocycles. The molecule has 0 amide bonds. The smallest absolute Gasteiger partial charge is 0.231 e. The highest BCUT2D eigenvalue weighted by Gasteiger charge is 2.15. The Kier molecular flexibility index (Phi) is 5.06. The SMILES string of the molecule is CCN(c1nc(C)cc(Cl)n1)c1ccc(N(C)C)cc1Br. The summed E-state index contributed by atoms with van der Waals surface area (Å²) >= 11 is 9.68. The van der Waals surface area contributed by atoms with E-state index in [4.69, 9.17) is 11.6 Å². The first-order valence-electron chi connectivity index (χ1n) is 6.68. The largest absolute Gasteiger partial charge is 0.378 e. The highest BCUT2D eigenvalue weighted by molar-refractivity contribution is 9.10. The van der Waals surface area contributed by atoms with E-state index in [0.717, 1.165) is 28.1 Å². The number of aryl methyl sites for hydroxylation is 1. The average Bonchev–Trinajstić information content (AvgIpc) is 2.40. The van der Waals surface area contributed by atoms with Crippen LogP contribution in [0.1, 0.15) is 12.6 Å². The van der Waals surface area contributed by atoms with Crippen LogP contribution in [0.3, 0.4) is 0 Å². The Bertz CT molecular complexity index is 625. The molecule has 0 N–H and O–H groups in total. The summed E-state index contributed by atoms with van der Waals surface area (Å²) in [7, 11) is 4.03. The van der Waals surface area contributed by atoms with Crippen LogP contribution in [0.15, 0.2) is 28.7 Å². The second kappa shape index (κ2) is 6.62. The Labute approximate surface area is 138 Å². The molecule has 1 heterocycles. The van der Waals surface area contributed by atoms with Crippen LogP contribution >= 0.6 is 27.5 Å². The van der Waals surface area contributed by atoms with Crippen molar-refractivity contribution in [3.63, 3.8) is 0 Å². The van der Waals surface area contributed by atoms with Gasteiger partial charge in [-0.1, -0.05) is 11.6 Å². The van der Waals surface area contributed by atoms with E-state index in [1.165, 1.54) is 0 Å². The lowest BCUT2D eigenvalue weighted by Crippen LogP contribution is -2.20. The highest BCUT2D eigenvalue weighted by atomic mass is 79.9. The summed E-state index contributed by atoms with van der Waals surface area (Å²) in [6.45, 7) is 4.72. The summed E-state index contributed by atoms with van der Waals surface area (Å²) in [5, 5.41) is 0.456. The van der Waals surface area contributed by atoms with Crippen molar-refractivity contribution in [3.8, 4) is 0 Å². The van der Waals surface area contributed by atoms with Crippen LogP contribution in [-0.4, -0.2) is 30.6 Å². The van der Waals surface area contributed by atoms with Crippen molar-refractivity contribution in [1.29, 1.82) is 0 Å². The van der Waals surface area contributed by atoms with E-state index in [9.17, 15) is 0 Å². The summed E-state index contributed by atoms with van der Waals surface area (Å²) in [4.78, 5) is 12.9. The number of anilines is 3. The van der Waals surface area contributed by atoms with E-state index in [-0.39, 0.29) is 0 Å². The van der Waals surface area contributed by atoms with Gasteiger partial charge in [-0.3, -0.25) is 0 Å². The van der Waals surface area contributed by atoms with Crippen LogP contribution in [0, 0.1) is 6.92 Å². The molecule has 0 spiro atoms. The van der Waals surface area contributed by atoms with E-state index in [1.807, 2.05) is 25.9 Å². The Morgan fingerprint density at radius 3 is 2.43 bits per heavy atom. The zero-order valence-electron chi connectivity index (χ0n) is 12.6. The minimum absolute atomic E-state index is 0.456. The van der Waals surface area contributed by atoms with Gasteiger partial charge in [-0.2, -0.15) is 0 Å². The minimum atomic E-state index is 0.456. The van der Waals surface area contributed by atoms with E-state index in [2.05, 4.69) is 55.9 Å². The molecule has 112 valence electrons. The van der Waals surface area contributed by atoms with Crippen molar-refractivity contribution in [2.24, 2.45) is 0 Å². The van der Waals surface area contributed by atoms with Gasteiger partial charge in [0.1, 0.15) is 5.15 Å². The van der Waals surface area contributed by atoms with Crippen LogP contribution in [0.25, 0.3) is 0 Å². The van der Waals surface area contributed by atoms with Gasteiger partial charge >= 0.3 is 0 Å². The Hall–Kier alpha value is -1.33. The molecule has 1 aromatic carbocycles. The number of rotatable bonds is 4. The maximum absolute atomic E-state index is 6.05. The van der Waals surface area contributed by atoms with Gasteiger partial charge in [0, 0.05) is 36.5 Å². The van der Waals surface area contributed by atoms with Crippen LogP contribution in [0.5, 0.6) is 0 Å². The molecule has 0 unspecified atom stereocenters. The van der Waals surface area contributed by atoms with Crippen molar-refractivity contribution in [3.05, 3.63) is 39.6 Å². The van der Waals surface area contributed by atoms with Crippen molar-refractivity contribution >= 4 is 44.9 Å². The van der Waals surface area contributed by atoms with E-state index < -0.39 is 0 Å². The first-order chi connectivity index (χ1) is 9.92. The molecule has 2 aromatic rings. The monoisotopic (exact) mass is 368 g/mol. The van der Waals surface area contributed by atoms with Gasteiger partial charge in [0.2, 0.25) is 5.95 Å². The zero-order chi connectivity index (χ0) is 15.6. The summed E-state index contributed by atoms with van der Waals surface area (Å²) in [5.41, 5.74) is 3.00. The highest BCUT2D eigenvalue weighted by Crippen LogP contribution is 2.33. The average molecular weight is 370 g/mol. The summed E-state index contributed by atoms with van der Waals surface area (Å²) < 4.78 is 0.997. The molecule has 0 aliphatic rings. The molecule has 21 heavy (non-hydrogen) atoms. The molecule has 4 nitrogen and oxygen atoms in total. The van der Waals surface area contributed by atoms with Gasteiger partial charge in [-0.05, 0) is 54.0 Å². The molecule has 0 aliphatic carbocycles. The molecular formula is C15H18BrClN4. The number of nitrogens with zero attached hydrogens (tertiary/aromatic N) is 4. The molecule has 1 aromatic heterocycles. The van der Waals surface area contributed by atoms with Crippen molar-refractivity contribution < 1.29 is 0 Å². The molecule has 0 bridgehead atoms. The van der Waals surface area contributed by atoms with Crippen LogP contribution in [-0.2, 0) is 0 Å². The quantitative estimate of drug-likeness (QED) is 0.747. The van der Waals surface area contributed by atoms with Crippen LogP contribution in [0.2, 0.25) is 5.15 Å². The topological polar surface area (TPSA) is 32.3 Å². The third kappa shape index (κ3) is 3.66. The number of benzene rings is 1. The molecule has 6 heteroatoms.